The highest BCUT2D eigenvalue weighted by Gasteiger charge is 2.52. The molecule has 0 bridgehead atoms. The molecule has 1 amide bonds. The summed E-state index contributed by atoms with van der Waals surface area (Å²) < 4.78 is 16.0. The van der Waals surface area contributed by atoms with E-state index in [1.165, 1.54) is 6.07 Å². The van der Waals surface area contributed by atoms with E-state index in [-0.39, 0.29) is 17.1 Å². The largest absolute Gasteiger partial charge is 0.382 e. The van der Waals surface area contributed by atoms with Crippen molar-refractivity contribution in [3.8, 4) is 11.1 Å². The van der Waals surface area contributed by atoms with Crippen molar-refractivity contribution >= 4 is 28.4 Å². The minimum atomic E-state index is -0.785. The van der Waals surface area contributed by atoms with Crippen molar-refractivity contribution in [3.05, 3.63) is 71.7 Å². The number of nitrogens with zero attached hydrogens (tertiary/aromatic N) is 3. The van der Waals surface area contributed by atoms with Crippen LogP contribution >= 0.6 is 0 Å². The Morgan fingerprint density at radius 2 is 1.79 bits per heavy atom. The van der Waals surface area contributed by atoms with Gasteiger partial charge in [-0.05, 0) is 48.2 Å². The molecule has 1 aliphatic rings. The number of benzene rings is 2. The van der Waals surface area contributed by atoms with Crippen LogP contribution in [0.4, 0.5) is 15.9 Å². The molecule has 6 nitrogen and oxygen atoms in total. The number of fused-ring (bicyclic) bond motifs is 1. The molecular weight excluding hydrogens is 429 g/mol. The third-order valence-electron chi connectivity index (χ3n) is 6.62. The molecule has 0 radical (unpaired) electrons. The summed E-state index contributed by atoms with van der Waals surface area (Å²) in [4.78, 5) is 17.9. The van der Waals surface area contributed by atoms with Gasteiger partial charge in [0.2, 0.25) is 5.91 Å². The molecule has 3 N–H and O–H groups in total. The Hall–Kier alpha value is -3.74. The number of hydrogen-bond donors (Lipinski definition) is 2. The van der Waals surface area contributed by atoms with Crippen LogP contribution in [0.5, 0.6) is 0 Å². The first-order chi connectivity index (χ1) is 16.1. The number of halogens is 1. The summed E-state index contributed by atoms with van der Waals surface area (Å²) in [6.45, 7) is 6.35. The lowest BCUT2D eigenvalue weighted by molar-refractivity contribution is -0.118. The van der Waals surface area contributed by atoms with Crippen molar-refractivity contribution in [1.29, 1.82) is 0 Å². The fourth-order valence-corrected chi connectivity index (χ4v) is 4.47. The lowest BCUT2D eigenvalue weighted by atomic mass is 9.89. The summed E-state index contributed by atoms with van der Waals surface area (Å²) in [5.74, 6) is -0.0857. The average molecular weight is 458 g/mol. The predicted octanol–water partition coefficient (Wildman–Crippen LogP) is 5.32. The van der Waals surface area contributed by atoms with E-state index in [0.717, 1.165) is 27.9 Å². The van der Waals surface area contributed by atoms with Crippen LogP contribution in [0.15, 0.2) is 54.6 Å². The summed E-state index contributed by atoms with van der Waals surface area (Å²) in [6, 6.07) is 16.2. The van der Waals surface area contributed by atoms with E-state index in [1.807, 2.05) is 31.3 Å². The number of carbonyl (C=O) groups is 1. The molecule has 0 saturated heterocycles. The molecule has 2 heterocycles. The van der Waals surface area contributed by atoms with E-state index in [1.54, 1.807) is 22.9 Å². The van der Waals surface area contributed by atoms with Crippen LogP contribution in [0.1, 0.15) is 44.9 Å². The molecule has 2 aromatic heterocycles. The van der Waals surface area contributed by atoms with Gasteiger partial charge in [-0.3, -0.25) is 4.79 Å². The van der Waals surface area contributed by atoms with Crippen LogP contribution in [-0.2, 0) is 22.7 Å². The second kappa shape index (κ2) is 7.65. The summed E-state index contributed by atoms with van der Waals surface area (Å²) in [7, 11) is 1.84. The second-order valence-electron chi connectivity index (χ2n) is 10.1. The third kappa shape index (κ3) is 3.61. The molecule has 0 aliphatic heterocycles. The molecule has 1 fully saturated rings. The molecule has 0 atom stereocenters. The van der Waals surface area contributed by atoms with Gasteiger partial charge in [0, 0.05) is 29.4 Å². The van der Waals surface area contributed by atoms with Gasteiger partial charge in [-0.2, -0.15) is 5.10 Å². The highest BCUT2D eigenvalue weighted by atomic mass is 19.1. The Bertz CT molecular complexity index is 1410. The number of pyridine rings is 1. The molecule has 1 aliphatic carbocycles. The minimum Gasteiger partial charge on any atom is -0.382 e. The number of aryl methyl sites for hydroxylation is 1. The maximum absolute atomic E-state index is 14.3. The molecule has 174 valence electrons. The summed E-state index contributed by atoms with van der Waals surface area (Å²) in [6.07, 6.45) is 1.28. The number of hydrogen-bond acceptors (Lipinski definition) is 4. The van der Waals surface area contributed by atoms with Crippen LogP contribution in [0.2, 0.25) is 0 Å². The zero-order valence-electron chi connectivity index (χ0n) is 19.8. The summed E-state index contributed by atoms with van der Waals surface area (Å²) in [5.41, 5.74) is 10.00. The zero-order chi connectivity index (χ0) is 24.3. The number of rotatable bonds is 4. The molecule has 5 rings (SSSR count). The van der Waals surface area contributed by atoms with Gasteiger partial charge >= 0.3 is 0 Å². The monoisotopic (exact) mass is 457 g/mol. The van der Waals surface area contributed by atoms with Crippen molar-refractivity contribution in [3.63, 3.8) is 0 Å². The molecule has 7 heteroatoms. The van der Waals surface area contributed by atoms with Crippen molar-refractivity contribution in [2.75, 3.05) is 11.1 Å². The topological polar surface area (TPSA) is 85.8 Å². The lowest BCUT2D eigenvalue weighted by Crippen LogP contribution is -2.28. The van der Waals surface area contributed by atoms with Crippen molar-refractivity contribution in [2.24, 2.45) is 7.05 Å². The molecule has 0 spiro atoms. The Morgan fingerprint density at radius 3 is 2.41 bits per heavy atom. The number of nitrogens with two attached hydrogens (primary N) is 1. The number of nitrogens with one attached hydrogen (secondary N) is 1. The third-order valence-corrected chi connectivity index (χ3v) is 6.62. The first kappa shape index (κ1) is 22.1. The first-order valence-electron chi connectivity index (χ1n) is 11.4. The zero-order valence-corrected chi connectivity index (χ0v) is 19.8. The summed E-state index contributed by atoms with van der Waals surface area (Å²) >= 11 is 0. The number of aromatic nitrogens is 3. The quantitative estimate of drug-likeness (QED) is 0.434. The van der Waals surface area contributed by atoms with Gasteiger partial charge in [0.25, 0.3) is 0 Å². The maximum atomic E-state index is 14.3. The standard InChI is InChI=1S/C27H28FN5O/c1-26(2,3)21-15-18(22-23(29)32-33(4)24(22)31-21)16-9-11-17(12-10-16)30-25(34)27(13-14-27)19-7-5-6-8-20(19)28/h5-12,15H,13-14H2,1-4H3,(H2,29,32)(H,30,34). The van der Waals surface area contributed by atoms with E-state index < -0.39 is 5.41 Å². The Balaban J connectivity index is 1.47. The molecular formula is C27H28FN5O. The average Bonchev–Trinajstić information content (AvgIpc) is 3.55. The fourth-order valence-electron chi connectivity index (χ4n) is 4.47. The number of amides is 1. The molecule has 2 aromatic carbocycles. The van der Waals surface area contributed by atoms with Crippen LogP contribution in [0.25, 0.3) is 22.2 Å². The van der Waals surface area contributed by atoms with E-state index in [2.05, 4.69) is 37.3 Å². The van der Waals surface area contributed by atoms with Gasteiger partial charge in [0.15, 0.2) is 11.5 Å². The van der Waals surface area contributed by atoms with Crippen molar-refractivity contribution in [2.45, 2.75) is 44.4 Å². The first-order valence-corrected chi connectivity index (χ1v) is 11.4. The van der Waals surface area contributed by atoms with Crippen LogP contribution in [-0.4, -0.2) is 20.7 Å². The number of anilines is 2. The Kier molecular flexibility index (Phi) is 4.97. The Labute approximate surface area is 198 Å². The van der Waals surface area contributed by atoms with Gasteiger partial charge in [0.1, 0.15) is 5.82 Å². The van der Waals surface area contributed by atoms with Gasteiger partial charge < -0.3 is 11.1 Å². The highest BCUT2D eigenvalue weighted by Crippen LogP contribution is 2.50. The van der Waals surface area contributed by atoms with E-state index >= 15 is 0 Å². The predicted molar refractivity (Wildman–Crippen MR) is 133 cm³/mol. The maximum Gasteiger partial charge on any atom is 0.235 e. The van der Waals surface area contributed by atoms with Gasteiger partial charge in [0.05, 0.1) is 10.8 Å². The fraction of sp³-hybridized carbons (Fsp3) is 0.296. The van der Waals surface area contributed by atoms with E-state index in [9.17, 15) is 9.18 Å². The SMILES string of the molecule is Cn1nc(N)c2c(-c3ccc(NC(=O)C4(c5ccccc5F)CC4)cc3)cc(C(C)(C)C)nc21. The van der Waals surface area contributed by atoms with Crippen LogP contribution < -0.4 is 11.1 Å². The highest BCUT2D eigenvalue weighted by molar-refractivity contribution is 6.03. The number of nitrogen functional groups attached to an aromatic ring is 1. The lowest BCUT2D eigenvalue weighted by Gasteiger charge is -2.20. The van der Waals surface area contributed by atoms with Crippen molar-refractivity contribution in [1.82, 2.24) is 14.8 Å². The number of carbonyl (C=O) groups excluding carboxylic acids is 1. The van der Waals surface area contributed by atoms with Gasteiger partial charge in [-0.25, -0.2) is 14.1 Å². The normalized spacial score (nSPS) is 14.9. The van der Waals surface area contributed by atoms with Crippen LogP contribution in [0.3, 0.4) is 0 Å². The van der Waals surface area contributed by atoms with E-state index in [0.29, 0.717) is 29.9 Å². The smallest absolute Gasteiger partial charge is 0.235 e. The summed E-state index contributed by atoms with van der Waals surface area (Å²) in [5, 5.41) is 8.16. The van der Waals surface area contributed by atoms with Gasteiger partial charge in [-0.15, -0.1) is 0 Å². The second-order valence-corrected chi connectivity index (χ2v) is 10.1. The molecule has 34 heavy (non-hydrogen) atoms. The van der Waals surface area contributed by atoms with E-state index in [4.69, 9.17) is 10.7 Å². The molecule has 1 saturated carbocycles. The Morgan fingerprint density at radius 1 is 1.12 bits per heavy atom. The van der Waals surface area contributed by atoms with Gasteiger partial charge in [-0.1, -0.05) is 51.1 Å². The van der Waals surface area contributed by atoms with Crippen molar-refractivity contribution < 1.29 is 9.18 Å². The van der Waals surface area contributed by atoms with Crippen LogP contribution in [0, 0.1) is 5.82 Å². The molecule has 0 unspecified atom stereocenters. The minimum absolute atomic E-state index is 0.152. The molecule has 4 aromatic rings.